The van der Waals surface area contributed by atoms with Gasteiger partial charge in [0.2, 0.25) is 5.91 Å². The summed E-state index contributed by atoms with van der Waals surface area (Å²) >= 11 is 13.7. The van der Waals surface area contributed by atoms with Crippen LogP contribution in [0.4, 0.5) is 11.4 Å². The molecule has 5 rings (SSSR count). The SMILES string of the molecule is Cc1ccc(Cl)cc1NC(=O)C(Sc1cccc(NC(=O)/C(=C/c2cccc(Cl)c2)NC(=O)c2ccccc2)c1)c1ccccc1. The summed E-state index contributed by atoms with van der Waals surface area (Å²) < 4.78 is 0. The molecular formula is C37H29Cl2N3O3S. The minimum absolute atomic E-state index is 0.0348. The Morgan fingerprint density at radius 3 is 2.15 bits per heavy atom. The normalized spacial score (nSPS) is 11.8. The Balaban J connectivity index is 1.38. The molecule has 9 heteroatoms. The van der Waals surface area contributed by atoms with Crippen LogP contribution in [0, 0.1) is 6.92 Å². The van der Waals surface area contributed by atoms with Crippen LogP contribution in [0.15, 0.2) is 138 Å². The molecule has 230 valence electrons. The van der Waals surface area contributed by atoms with Gasteiger partial charge in [-0.25, -0.2) is 0 Å². The second-order valence-electron chi connectivity index (χ2n) is 10.3. The second kappa shape index (κ2) is 15.5. The van der Waals surface area contributed by atoms with Crippen LogP contribution in [-0.4, -0.2) is 17.7 Å². The molecule has 0 aliphatic rings. The van der Waals surface area contributed by atoms with Gasteiger partial charge in [-0.05, 0) is 84.3 Å². The predicted octanol–water partition coefficient (Wildman–Crippen LogP) is 9.18. The van der Waals surface area contributed by atoms with E-state index in [1.165, 1.54) is 11.8 Å². The topological polar surface area (TPSA) is 87.3 Å². The zero-order valence-corrected chi connectivity index (χ0v) is 27.0. The molecule has 1 atom stereocenters. The van der Waals surface area contributed by atoms with E-state index in [2.05, 4.69) is 16.0 Å². The maximum atomic E-state index is 13.6. The number of hydrogen-bond acceptors (Lipinski definition) is 4. The van der Waals surface area contributed by atoms with Crippen molar-refractivity contribution in [3.63, 3.8) is 0 Å². The van der Waals surface area contributed by atoms with Gasteiger partial charge in [0.25, 0.3) is 11.8 Å². The number of thioether (sulfide) groups is 1. The summed E-state index contributed by atoms with van der Waals surface area (Å²) in [5, 5.41) is 9.06. The van der Waals surface area contributed by atoms with Crippen LogP contribution in [0.3, 0.4) is 0 Å². The van der Waals surface area contributed by atoms with Crippen molar-refractivity contribution >= 4 is 70.1 Å². The zero-order valence-electron chi connectivity index (χ0n) is 24.7. The van der Waals surface area contributed by atoms with Gasteiger partial charge in [-0.2, -0.15) is 0 Å². The fourth-order valence-electron chi connectivity index (χ4n) is 4.52. The first kappa shape index (κ1) is 32.6. The lowest BCUT2D eigenvalue weighted by atomic mass is 10.1. The number of rotatable bonds is 10. The minimum atomic E-state index is -0.603. The molecule has 0 heterocycles. The molecule has 0 saturated carbocycles. The van der Waals surface area contributed by atoms with Gasteiger partial charge in [-0.15, -0.1) is 11.8 Å². The van der Waals surface area contributed by atoms with Crippen LogP contribution in [-0.2, 0) is 9.59 Å². The first-order valence-corrected chi connectivity index (χ1v) is 15.9. The van der Waals surface area contributed by atoms with E-state index in [0.29, 0.717) is 32.5 Å². The molecule has 0 aromatic heterocycles. The largest absolute Gasteiger partial charge is 0.325 e. The molecule has 3 amide bonds. The summed E-state index contributed by atoms with van der Waals surface area (Å²) in [4.78, 5) is 41.0. The molecule has 3 N–H and O–H groups in total. The average molecular weight is 667 g/mol. The smallest absolute Gasteiger partial charge is 0.272 e. The van der Waals surface area contributed by atoms with Gasteiger partial charge in [0, 0.05) is 31.9 Å². The highest BCUT2D eigenvalue weighted by atomic mass is 35.5. The Hall–Kier alpha value is -4.82. The Kier molecular flexibility index (Phi) is 10.9. The van der Waals surface area contributed by atoms with E-state index < -0.39 is 17.1 Å². The van der Waals surface area contributed by atoms with Crippen molar-refractivity contribution < 1.29 is 14.4 Å². The van der Waals surface area contributed by atoms with Crippen LogP contribution in [0.1, 0.15) is 32.3 Å². The first-order valence-electron chi connectivity index (χ1n) is 14.3. The van der Waals surface area contributed by atoms with Crippen molar-refractivity contribution in [2.75, 3.05) is 10.6 Å². The van der Waals surface area contributed by atoms with Crippen molar-refractivity contribution in [2.45, 2.75) is 17.1 Å². The van der Waals surface area contributed by atoms with Crippen LogP contribution >= 0.6 is 35.0 Å². The van der Waals surface area contributed by atoms with E-state index in [4.69, 9.17) is 23.2 Å². The number of benzene rings is 5. The van der Waals surface area contributed by atoms with E-state index in [0.717, 1.165) is 16.0 Å². The third-order valence-electron chi connectivity index (χ3n) is 6.83. The third-order valence-corrected chi connectivity index (χ3v) is 8.55. The van der Waals surface area contributed by atoms with Gasteiger partial charge >= 0.3 is 0 Å². The number of carbonyl (C=O) groups is 3. The molecule has 0 saturated heterocycles. The molecule has 0 aliphatic heterocycles. The second-order valence-corrected chi connectivity index (χ2v) is 12.3. The van der Waals surface area contributed by atoms with Gasteiger partial charge < -0.3 is 16.0 Å². The van der Waals surface area contributed by atoms with E-state index in [1.54, 1.807) is 84.9 Å². The maximum Gasteiger partial charge on any atom is 0.272 e. The van der Waals surface area contributed by atoms with Crippen molar-refractivity contribution in [3.05, 3.63) is 165 Å². The van der Waals surface area contributed by atoms with Crippen molar-refractivity contribution in [3.8, 4) is 0 Å². The minimum Gasteiger partial charge on any atom is -0.325 e. The Bertz CT molecular complexity index is 1900. The van der Waals surface area contributed by atoms with Crippen LogP contribution in [0.5, 0.6) is 0 Å². The zero-order chi connectivity index (χ0) is 32.5. The lowest BCUT2D eigenvalue weighted by Crippen LogP contribution is -2.30. The Morgan fingerprint density at radius 1 is 0.717 bits per heavy atom. The molecule has 1 unspecified atom stereocenters. The number of nitrogens with one attached hydrogen (secondary N) is 3. The molecule has 5 aromatic rings. The van der Waals surface area contributed by atoms with Gasteiger partial charge in [0.1, 0.15) is 10.9 Å². The summed E-state index contributed by atoms with van der Waals surface area (Å²) in [5.74, 6) is -1.17. The molecule has 46 heavy (non-hydrogen) atoms. The number of carbonyl (C=O) groups excluding carboxylic acids is 3. The van der Waals surface area contributed by atoms with E-state index in [-0.39, 0.29) is 11.6 Å². The van der Waals surface area contributed by atoms with E-state index >= 15 is 0 Å². The molecule has 0 aliphatic carbocycles. The monoisotopic (exact) mass is 665 g/mol. The highest BCUT2D eigenvalue weighted by Gasteiger charge is 2.23. The van der Waals surface area contributed by atoms with Gasteiger partial charge in [0.05, 0.1) is 0 Å². The van der Waals surface area contributed by atoms with Crippen LogP contribution < -0.4 is 16.0 Å². The molecule has 0 bridgehead atoms. The molecule has 0 fully saturated rings. The Labute approximate surface area is 281 Å². The van der Waals surface area contributed by atoms with Crippen LogP contribution in [0.25, 0.3) is 6.08 Å². The number of aryl methyl sites for hydroxylation is 1. The fraction of sp³-hybridized carbons (Fsp3) is 0.0541. The number of halogens is 2. The van der Waals surface area contributed by atoms with Crippen LogP contribution in [0.2, 0.25) is 10.0 Å². The summed E-state index contributed by atoms with van der Waals surface area (Å²) in [6.07, 6.45) is 1.56. The fourth-order valence-corrected chi connectivity index (χ4v) is 5.97. The molecule has 6 nitrogen and oxygen atoms in total. The van der Waals surface area contributed by atoms with Gasteiger partial charge in [0.15, 0.2) is 0 Å². The molecule has 0 radical (unpaired) electrons. The predicted molar refractivity (Wildman–Crippen MR) is 188 cm³/mol. The lowest BCUT2D eigenvalue weighted by molar-refractivity contribution is -0.116. The highest BCUT2D eigenvalue weighted by molar-refractivity contribution is 8.00. The molecular weight excluding hydrogens is 637 g/mol. The first-order chi connectivity index (χ1) is 22.2. The molecule has 0 spiro atoms. The quantitative estimate of drug-likeness (QED) is 0.103. The summed E-state index contributed by atoms with van der Waals surface area (Å²) in [6.45, 7) is 1.90. The van der Waals surface area contributed by atoms with Gasteiger partial charge in [-0.1, -0.05) is 96.0 Å². The summed E-state index contributed by atoms with van der Waals surface area (Å²) in [6, 6.07) is 37.6. The summed E-state index contributed by atoms with van der Waals surface area (Å²) in [7, 11) is 0. The number of hydrogen-bond donors (Lipinski definition) is 3. The average Bonchev–Trinajstić information content (AvgIpc) is 3.06. The van der Waals surface area contributed by atoms with Crippen molar-refractivity contribution in [2.24, 2.45) is 0 Å². The Morgan fingerprint density at radius 2 is 1.41 bits per heavy atom. The maximum absolute atomic E-state index is 13.6. The lowest BCUT2D eigenvalue weighted by Gasteiger charge is -2.19. The van der Waals surface area contributed by atoms with Crippen molar-refractivity contribution in [1.82, 2.24) is 5.32 Å². The number of anilines is 2. The van der Waals surface area contributed by atoms with Crippen molar-refractivity contribution in [1.29, 1.82) is 0 Å². The number of amides is 3. The third kappa shape index (κ3) is 8.88. The standard InChI is InChI=1S/C37H29Cl2N3O3S/c1-24-18-19-29(39)22-32(24)41-37(45)34(26-11-4-2-5-12-26)46-31-17-9-16-30(23-31)40-36(44)33(21-25-10-8-15-28(38)20-25)42-35(43)27-13-6-3-7-14-27/h2-23,34H,1H3,(H,40,44)(H,41,45)(H,42,43)/b33-21-. The van der Waals surface area contributed by atoms with E-state index in [9.17, 15) is 14.4 Å². The van der Waals surface area contributed by atoms with Gasteiger partial charge in [-0.3, -0.25) is 14.4 Å². The van der Waals surface area contributed by atoms with E-state index in [1.807, 2.05) is 55.5 Å². The summed E-state index contributed by atoms with van der Waals surface area (Å²) in [5.41, 5.74) is 3.91. The molecule has 5 aromatic carbocycles. The highest BCUT2D eigenvalue weighted by Crippen LogP contribution is 2.37.